The fraction of sp³-hybridized carbons (Fsp3) is 0.562. The largest absolute Gasteiger partial charge is 0.376 e. The van der Waals surface area contributed by atoms with Crippen molar-refractivity contribution in [2.24, 2.45) is 0 Å². The summed E-state index contributed by atoms with van der Waals surface area (Å²) >= 11 is 0. The van der Waals surface area contributed by atoms with E-state index in [0.717, 1.165) is 26.0 Å². The van der Waals surface area contributed by atoms with Gasteiger partial charge in [-0.2, -0.15) is 0 Å². The number of benzene rings is 1. The SMILES string of the molecule is CC1OCCC1(C)NC(=O)[C@@H]1Cc2ccccc2CN1. The summed E-state index contributed by atoms with van der Waals surface area (Å²) in [5.74, 6) is 0.0827. The Morgan fingerprint density at radius 1 is 1.40 bits per heavy atom. The standard InChI is InChI=1S/C16H22N2O2/c1-11-16(2,7-8-20-11)18-15(19)14-9-12-5-3-4-6-13(12)10-17-14/h3-6,11,14,17H,7-10H2,1-2H3,(H,18,19)/t11?,14-,16?/m0/s1. The molecule has 108 valence electrons. The van der Waals surface area contributed by atoms with Gasteiger partial charge in [0.15, 0.2) is 0 Å². The molecule has 3 rings (SSSR count). The van der Waals surface area contributed by atoms with Crippen LogP contribution in [0.15, 0.2) is 24.3 Å². The first-order valence-electron chi connectivity index (χ1n) is 7.32. The lowest BCUT2D eigenvalue weighted by atomic mass is 9.92. The second kappa shape index (κ2) is 5.19. The monoisotopic (exact) mass is 274 g/mol. The lowest BCUT2D eigenvalue weighted by molar-refractivity contribution is -0.125. The Labute approximate surface area is 119 Å². The highest BCUT2D eigenvalue weighted by molar-refractivity contribution is 5.83. The van der Waals surface area contributed by atoms with Crippen molar-refractivity contribution in [3.8, 4) is 0 Å². The average Bonchev–Trinajstić information content (AvgIpc) is 2.77. The molecule has 0 saturated carbocycles. The minimum atomic E-state index is -0.240. The lowest BCUT2D eigenvalue weighted by Gasteiger charge is -2.33. The van der Waals surface area contributed by atoms with E-state index in [1.165, 1.54) is 11.1 Å². The number of carbonyl (C=O) groups excluding carboxylic acids is 1. The van der Waals surface area contributed by atoms with E-state index in [9.17, 15) is 4.79 Å². The van der Waals surface area contributed by atoms with E-state index in [1.54, 1.807) is 0 Å². The van der Waals surface area contributed by atoms with E-state index in [-0.39, 0.29) is 23.6 Å². The maximum absolute atomic E-state index is 12.5. The zero-order chi connectivity index (χ0) is 14.2. The number of nitrogens with one attached hydrogen (secondary N) is 2. The predicted molar refractivity (Wildman–Crippen MR) is 77.4 cm³/mol. The molecule has 2 aliphatic rings. The van der Waals surface area contributed by atoms with Gasteiger partial charge in [0.05, 0.1) is 17.7 Å². The molecule has 1 aromatic carbocycles. The van der Waals surface area contributed by atoms with Crippen LogP contribution in [0.1, 0.15) is 31.4 Å². The molecule has 0 aromatic heterocycles. The molecule has 2 unspecified atom stereocenters. The molecule has 0 radical (unpaired) electrons. The molecule has 1 aromatic rings. The van der Waals surface area contributed by atoms with E-state index in [2.05, 4.69) is 29.7 Å². The number of fused-ring (bicyclic) bond motifs is 1. The van der Waals surface area contributed by atoms with Crippen LogP contribution in [0.5, 0.6) is 0 Å². The van der Waals surface area contributed by atoms with Gasteiger partial charge in [-0.1, -0.05) is 24.3 Å². The first kappa shape index (κ1) is 13.6. The van der Waals surface area contributed by atoms with Crippen molar-refractivity contribution in [3.63, 3.8) is 0 Å². The zero-order valence-electron chi connectivity index (χ0n) is 12.1. The van der Waals surface area contributed by atoms with E-state index < -0.39 is 0 Å². The molecule has 3 atom stereocenters. The number of amides is 1. The summed E-state index contributed by atoms with van der Waals surface area (Å²) in [5, 5.41) is 6.51. The van der Waals surface area contributed by atoms with Gasteiger partial charge in [-0.25, -0.2) is 0 Å². The van der Waals surface area contributed by atoms with Crippen LogP contribution in [0.2, 0.25) is 0 Å². The zero-order valence-corrected chi connectivity index (χ0v) is 12.1. The summed E-state index contributed by atoms with van der Waals surface area (Å²) in [6.45, 7) is 5.58. The van der Waals surface area contributed by atoms with E-state index in [0.29, 0.717) is 0 Å². The molecule has 0 aliphatic carbocycles. The van der Waals surface area contributed by atoms with Crippen molar-refractivity contribution < 1.29 is 9.53 Å². The van der Waals surface area contributed by atoms with Crippen LogP contribution < -0.4 is 10.6 Å². The van der Waals surface area contributed by atoms with Crippen molar-refractivity contribution in [2.75, 3.05) is 6.61 Å². The van der Waals surface area contributed by atoms with Crippen molar-refractivity contribution in [3.05, 3.63) is 35.4 Å². The highest BCUT2D eigenvalue weighted by atomic mass is 16.5. The average molecular weight is 274 g/mol. The summed E-state index contributed by atoms with van der Waals surface area (Å²) in [4.78, 5) is 12.5. The van der Waals surface area contributed by atoms with Crippen molar-refractivity contribution in [1.29, 1.82) is 0 Å². The molecular weight excluding hydrogens is 252 g/mol. The first-order valence-corrected chi connectivity index (χ1v) is 7.32. The van der Waals surface area contributed by atoms with Gasteiger partial charge >= 0.3 is 0 Å². The lowest BCUT2D eigenvalue weighted by Crippen LogP contribution is -2.57. The van der Waals surface area contributed by atoms with Gasteiger partial charge in [0.1, 0.15) is 0 Å². The number of carbonyl (C=O) groups is 1. The summed E-state index contributed by atoms with van der Waals surface area (Å²) in [5.41, 5.74) is 2.32. The Balaban J connectivity index is 1.67. The van der Waals surface area contributed by atoms with Gasteiger partial charge < -0.3 is 15.4 Å². The van der Waals surface area contributed by atoms with Crippen LogP contribution in [0, 0.1) is 0 Å². The van der Waals surface area contributed by atoms with Gasteiger partial charge in [0, 0.05) is 13.2 Å². The molecular formula is C16H22N2O2. The fourth-order valence-electron chi connectivity index (χ4n) is 3.01. The van der Waals surface area contributed by atoms with Crippen LogP contribution >= 0.6 is 0 Å². The van der Waals surface area contributed by atoms with Crippen LogP contribution in [-0.4, -0.2) is 30.2 Å². The molecule has 2 N–H and O–H groups in total. The number of ether oxygens (including phenoxy) is 1. The molecule has 4 nitrogen and oxygen atoms in total. The maximum atomic E-state index is 12.5. The van der Waals surface area contributed by atoms with Crippen molar-refractivity contribution in [1.82, 2.24) is 10.6 Å². The molecule has 1 amide bonds. The highest BCUT2D eigenvalue weighted by Gasteiger charge is 2.39. The second-order valence-corrected chi connectivity index (χ2v) is 6.08. The molecule has 2 aliphatic heterocycles. The Morgan fingerprint density at radius 2 is 2.15 bits per heavy atom. The molecule has 0 bridgehead atoms. The molecule has 1 fully saturated rings. The van der Waals surface area contributed by atoms with Gasteiger partial charge in [-0.3, -0.25) is 4.79 Å². The van der Waals surface area contributed by atoms with Crippen LogP contribution in [0.25, 0.3) is 0 Å². The van der Waals surface area contributed by atoms with Crippen LogP contribution in [-0.2, 0) is 22.5 Å². The molecule has 20 heavy (non-hydrogen) atoms. The van der Waals surface area contributed by atoms with Gasteiger partial charge in [0.2, 0.25) is 5.91 Å². The fourth-order valence-corrected chi connectivity index (χ4v) is 3.01. The third kappa shape index (κ3) is 2.45. The van der Waals surface area contributed by atoms with Crippen molar-refractivity contribution in [2.45, 2.75) is 50.9 Å². The Bertz CT molecular complexity index is 517. The minimum absolute atomic E-state index is 0.0716. The predicted octanol–water partition coefficient (Wildman–Crippen LogP) is 1.38. The highest BCUT2D eigenvalue weighted by Crippen LogP contribution is 2.25. The van der Waals surface area contributed by atoms with E-state index in [4.69, 9.17) is 4.74 Å². The number of rotatable bonds is 2. The minimum Gasteiger partial charge on any atom is -0.376 e. The molecule has 1 saturated heterocycles. The van der Waals surface area contributed by atoms with Gasteiger partial charge in [-0.15, -0.1) is 0 Å². The third-order valence-electron chi connectivity index (χ3n) is 4.69. The second-order valence-electron chi connectivity index (χ2n) is 6.08. The Kier molecular flexibility index (Phi) is 3.52. The van der Waals surface area contributed by atoms with Gasteiger partial charge in [0.25, 0.3) is 0 Å². The Hall–Kier alpha value is -1.39. The molecule has 0 spiro atoms. The summed E-state index contributed by atoms with van der Waals surface area (Å²) in [6.07, 6.45) is 1.71. The summed E-state index contributed by atoms with van der Waals surface area (Å²) < 4.78 is 5.58. The number of hydrogen-bond acceptors (Lipinski definition) is 3. The van der Waals surface area contributed by atoms with Crippen LogP contribution in [0.3, 0.4) is 0 Å². The summed E-state index contributed by atoms with van der Waals surface area (Å²) in [6, 6.07) is 8.16. The smallest absolute Gasteiger partial charge is 0.238 e. The first-order chi connectivity index (χ1) is 9.58. The third-order valence-corrected chi connectivity index (χ3v) is 4.69. The maximum Gasteiger partial charge on any atom is 0.238 e. The van der Waals surface area contributed by atoms with E-state index in [1.807, 2.05) is 19.1 Å². The summed E-state index contributed by atoms with van der Waals surface area (Å²) in [7, 11) is 0. The quantitative estimate of drug-likeness (QED) is 0.857. The molecule has 2 heterocycles. The number of hydrogen-bond donors (Lipinski definition) is 2. The normalized spacial score (nSPS) is 32.7. The molecule has 4 heteroatoms. The van der Waals surface area contributed by atoms with Gasteiger partial charge in [-0.05, 0) is 37.8 Å². The Morgan fingerprint density at radius 3 is 2.85 bits per heavy atom. The van der Waals surface area contributed by atoms with Crippen LogP contribution in [0.4, 0.5) is 0 Å². The van der Waals surface area contributed by atoms with Crippen molar-refractivity contribution >= 4 is 5.91 Å². The topological polar surface area (TPSA) is 50.4 Å². The van der Waals surface area contributed by atoms with E-state index >= 15 is 0 Å².